The topological polar surface area (TPSA) is 97.1 Å². The molecule has 1 amide bonds. The molecule has 0 bridgehead atoms. The van der Waals surface area contributed by atoms with Crippen molar-refractivity contribution in [1.29, 1.82) is 0 Å². The van der Waals surface area contributed by atoms with E-state index in [0.29, 0.717) is 23.9 Å². The molecule has 7 nitrogen and oxygen atoms in total. The quantitative estimate of drug-likeness (QED) is 0.774. The van der Waals surface area contributed by atoms with Crippen molar-refractivity contribution >= 4 is 34.8 Å². The Morgan fingerprint density at radius 3 is 2.90 bits per heavy atom. The number of carbonyl (C=O) groups is 2. The summed E-state index contributed by atoms with van der Waals surface area (Å²) in [7, 11) is 0. The van der Waals surface area contributed by atoms with Crippen LogP contribution in [0.3, 0.4) is 0 Å². The third-order valence-corrected chi connectivity index (χ3v) is 3.68. The van der Waals surface area contributed by atoms with Crippen LogP contribution in [0.4, 0.5) is 0 Å². The van der Waals surface area contributed by atoms with E-state index in [1.807, 2.05) is 17.6 Å². The second-order valence-electron chi connectivity index (χ2n) is 4.57. The van der Waals surface area contributed by atoms with Crippen molar-refractivity contribution < 1.29 is 14.7 Å². The zero-order valence-electron chi connectivity index (χ0n) is 11.8. The molecule has 0 saturated heterocycles. The third kappa shape index (κ3) is 3.94. The molecule has 8 heteroatoms. The number of aliphatic carboxylic acids is 1. The van der Waals surface area contributed by atoms with Crippen LogP contribution in [0.15, 0.2) is 17.4 Å². The molecule has 2 heterocycles. The smallest absolute Gasteiger partial charge is 0.313 e. The van der Waals surface area contributed by atoms with Crippen LogP contribution in [0.25, 0.3) is 11.2 Å². The number of rotatable bonds is 6. The van der Waals surface area contributed by atoms with E-state index in [1.54, 1.807) is 6.20 Å². The first-order chi connectivity index (χ1) is 9.97. The van der Waals surface area contributed by atoms with Crippen molar-refractivity contribution in [2.45, 2.75) is 25.5 Å². The number of thioether (sulfide) groups is 1. The van der Waals surface area contributed by atoms with Crippen molar-refractivity contribution in [3.05, 3.63) is 17.8 Å². The number of nitrogens with zero attached hydrogens (tertiary/aromatic N) is 3. The summed E-state index contributed by atoms with van der Waals surface area (Å²) in [5.41, 5.74) is 2.41. The van der Waals surface area contributed by atoms with Crippen LogP contribution in [-0.4, -0.2) is 43.8 Å². The highest BCUT2D eigenvalue weighted by molar-refractivity contribution is 7.99. The van der Waals surface area contributed by atoms with E-state index in [0.717, 1.165) is 22.8 Å². The van der Waals surface area contributed by atoms with Gasteiger partial charge < -0.3 is 15.0 Å². The van der Waals surface area contributed by atoms with Gasteiger partial charge in [-0.25, -0.2) is 9.97 Å². The molecule has 2 aromatic heterocycles. The number of imidazole rings is 1. The van der Waals surface area contributed by atoms with E-state index in [-0.39, 0.29) is 11.7 Å². The normalized spacial score (nSPS) is 10.8. The van der Waals surface area contributed by atoms with Crippen molar-refractivity contribution in [1.82, 2.24) is 19.9 Å². The van der Waals surface area contributed by atoms with E-state index < -0.39 is 5.97 Å². The minimum Gasteiger partial charge on any atom is -0.481 e. The molecule has 0 saturated carbocycles. The van der Waals surface area contributed by atoms with E-state index in [9.17, 15) is 9.59 Å². The maximum Gasteiger partial charge on any atom is 0.313 e. The number of pyridine rings is 1. The minimum absolute atomic E-state index is 0.0670. The molecule has 0 atom stereocenters. The van der Waals surface area contributed by atoms with Crippen molar-refractivity contribution in [3.8, 4) is 0 Å². The maximum atomic E-state index is 10.9. The van der Waals surface area contributed by atoms with Gasteiger partial charge in [-0.1, -0.05) is 11.8 Å². The van der Waals surface area contributed by atoms with E-state index in [4.69, 9.17) is 5.11 Å². The van der Waals surface area contributed by atoms with Gasteiger partial charge in [0.1, 0.15) is 5.52 Å². The van der Waals surface area contributed by atoms with E-state index in [1.165, 1.54) is 6.92 Å². The molecule has 2 rings (SSSR count). The molecule has 0 fully saturated rings. The highest BCUT2D eigenvalue weighted by Crippen LogP contribution is 2.23. The number of carbonyl (C=O) groups excluding carboxylic acids is 1. The lowest BCUT2D eigenvalue weighted by Gasteiger charge is -2.08. The molecule has 112 valence electrons. The fourth-order valence-corrected chi connectivity index (χ4v) is 2.62. The second kappa shape index (κ2) is 6.57. The van der Waals surface area contributed by atoms with Gasteiger partial charge in [-0.2, -0.15) is 0 Å². The van der Waals surface area contributed by atoms with Gasteiger partial charge in [-0.05, 0) is 18.6 Å². The van der Waals surface area contributed by atoms with Crippen LogP contribution in [-0.2, 0) is 16.1 Å². The molecule has 0 unspecified atom stereocenters. The Labute approximate surface area is 125 Å². The number of carboxylic acids is 1. The standard InChI is InChI=1S/C13H16N4O3S/c1-8-5-10-12(15-6-8)17(4-3-14-9(2)18)13(16-10)21-7-11(19)20/h5-6H,3-4,7H2,1-2H3,(H,14,18)(H,19,20). The van der Waals surface area contributed by atoms with Crippen LogP contribution < -0.4 is 5.32 Å². The summed E-state index contributed by atoms with van der Waals surface area (Å²) in [5, 5.41) is 12.1. The molecule has 2 N–H and O–H groups in total. The number of carboxylic acid groups (broad SMARTS) is 1. The van der Waals surface area contributed by atoms with E-state index >= 15 is 0 Å². The van der Waals surface area contributed by atoms with Gasteiger partial charge in [-0.15, -0.1) is 0 Å². The Balaban J connectivity index is 2.29. The van der Waals surface area contributed by atoms with Gasteiger partial charge in [0.15, 0.2) is 10.8 Å². The maximum absolute atomic E-state index is 10.9. The Morgan fingerprint density at radius 2 is 2.24 bits per heavy atom. The van der Waals surface area contributed by atoms with Crippen molar-refractivity contribution in [2.24, 2.45) is 0 Å². The number of aryl methyl sites for hydroxylation is 1. The molecule has 21 heavy (non-hydrogen) atoms. The first kappa shape index (κ1) is 15.3. The Bertz CT molecular complexity index is 683. The second-order valence-corrected chi connectivity index (χ2v) is 5.51. The predicted octanol–water partition coefficient (Wildman–Crippen LogP) is 1.05. The zero-order valence-corrected chi connectivity index (χ0v) is 12.6. The SMILES string of the molecule is CC(=O)NCCn1c(SCC(=O)O)nc2cc(C)cnc21. The van der Waals surface area contributed by atoms with Gasteiger partial charge in [0.05, 0.1) is 5.75 Å². The molecule has 0 spiro atoms. The Kier molecular flexibility index (Phi) is 4.79. The molecule has 0 radical (unpaired) electrons. The molecule has 0 aromatic carbocycles. The van der Waals surface area contributed by atoms with Crippen molar-refractivity contribution in [2.75, 3.05) is 12.3 Å². The third-order valence-electron chi connectivity index (χ3n) is 2.72. The van der Waals surface area contributed by atoms with Gasteiger partial charge in [0.25, 0.3) is 0 Å². The summed E-state index contributed by atoms with van der Waals surface area (Å²) >= 11 is 1.15. The van der Waals surface area contributed by atoms with Gasteiger partial charge >= 0.3 is 5.97 Å². The van der Waals surface area contributed by atoms with Crippen LogP contribution in [0.2, 0.25) is 0 Å². The fraction of sp³-hybridized carbons (Fsp3) is 0.385. The highest BCUT2D eigenvalue weighted by atomic mass is 32.2. The number of hydrogen-bond acceptors (Lipinski definition) is 5. The Hall–Kier alpha value is -2.09. The van der Waals surface area contributed by atoms with Crippen LogP contribution >= 0.6 is 11.8 Å². The molecular weight excluding hydrogens is 292 g/mol. The van der Waals surface area contributed by atoms with E-state index in [2.05, 4.69) is 15.3 Å². The molecule has 0 aliphatic carbocycles. The average Bonchev–Trinajstić information content (AvgIpc) is 2.73. The fourth-order valence-electron chi connectivity index (χ4n) is 1.87. The first-order valence-electron chi connectivity index (χ1n) is 6.39. The molecule has 0 aliphatic heterocycles. The molecule has 2 aromatic rings. The lowest BCUT2D eigenvalue weighted by atomic mass is 10.3. The monoisotopic (exact) mass is 308 g/mol. The van der Waals surface area contributed by atoms with Gasteiger partial charge in [0.2, 0.25) is 5.91 Å². The van der Waals surface area contributed by atoms with Gasteiger partial charge in [0, 0.05) is 26.2 Å². The van der Waals surface area contributed by atoms with Crippen LogP contribution in [0.1, 0.15) is 12.5 Å². The molecular formula is C13H16N4O3S. The van der Waals surface area contributed by atoms with Crippen LogP contribution in [0.5, 0.6) is 0 Å². The summed E-state index contributed by atoms with van der Waals surface area (Å²) in [5.74, 6) is -1.07. The number of fused-ring (bicyclic) bond motifs is 1. The largest absolute Gasteiger partial charge is 0.481 e. The number of amides is 1. The zero-order chi connectivity index (χ0) is 15.4. The summed E-state index contributed by atoms with van der Waals surface area (Å²) in [6.45, 7) is 4.31. The predicted molar refractivity (Wildman–Crippen MR) is 79.3 cm³/mol. The Morgan fingerprint density at radius 1 is 1.48 bits per heavy atom. The lowest BCUT2D eigenvalue weighted by Crippen LogP contribution is -2.24. The summed E-state index contributed by atoms with van der Waals surface area (Å²) in [4.78, 5) is 30.5. The van der Waals surface area contributed by atoms with Gasteiger partial charge in [-0.3, -0.25) is 9.59 Å². The minimum atomic E-state index is -0.899. The number of nitrogens with one attached hydrogen (secondary N) is 1. The first-order valence-corrected chi connectivity index (χ1v) is 7.38. The number of aromatic nitrogens is 3. The highest BCUT2D eigenvalue weighted by Gasteiger charge is 2.13. The number of hydrogen-bond donors (Lipinski definition) is 2. The summed E-state index contributed by atoms with van der Waals surface area (Å²) < 4.78 is 1.83. The summed E-state index contributed by atoms with van der Waals surface area (Å²) in [6, 6.07) is 1.90. The summed E-state index contributed by atoms with van der Waals surface area (Å²) in [6.07, 6.45) is 1.74. The van der Waals surface area contributed by atoms with Crippen molar-refractivity contribution in [3.63, 3.8) is 0 Å². The molecule has 0 aliphatic rings. The van der Waals surface area contributed by atoms with Crippen LogP contribution in [0, 0.1) is 6.92 Å². The lowest BCUT2D eigenvalue weighted by molar-refractivity contribution is -0.133. The average molecular weight is 308 g/mol.